The summed E-state index contributed by atoms with van der Waals surface area (Å²) < 4.78 is 10.1. The Labute approximate surface area is 137 Å². The Hall–Kier alpha value is -0.850. The van der Waals surface area contributed by atoms with Gasteiger partial charge in [0.25, 0.3) is 0 Å². The van der Waals surface area contributed by atoms with Gasteiger partial charge in [-0.15, -0.1) is 11.6 Å². The lowest BCUT2D eigenvalue weighted by Gasteiger charge is -2.34. The van der Waals surface area contributed by atoms with E-state index >= 15 is 0 Å². The largest absolute Gasteiger partial charge is 0.382 e. The fraction of sp³-hybridized carbons (Fsp3) is 0.867. The van der Waals surface area contributed by atoms with Crippen LogP contribution in [-0.4, -0.2) is 68.7 Å². The Bertz CT molecular complexity index is 369. The van der Waals surface area contributed by atoms with Crippen LogP contribution in [0, 0.1) is 5.41 Å². The van der Waals surface area contributed by atoms with E-state index in [9.17, 15) is 9.59 Å². The minimum absolute atomic E-state index is 0.0121. The number of hydrogen-bond acceptors (Lipinski definition) is 4. The van der Waals surface area contributed by atoms with Crippen LogP contribution in [0.5, 0.6) is 0 Å². The first-order valence-electron chi connectivity index (χ1n) is 7.62. The van der Waals surface area contributed by atoms with Crippen molar-refractivity contribution in [3.63, 3.8) is 0 Å². The van der Waals surface area contributed by atoms with Crippen molar-refractivity contribution in [2.24, 2.45) is 5.41 Å². The third-order valence-electron chi connectivity index (χ3n) is 3.79. The zero-order chi connectivity index (χ0) is 16.6. The highest BCUT2D eigenvalue weighted by molar-refractivity contribution is 6.19. The summed E-state index contributed by atoms with van der Waals surface area (Å²) in [5, 5.41) is 3.02. The van der Waals surface area contributed by atoms with E-state index in [1.165, 1.54) is 0 Å². The number of alkyl halides is 1. The molecule has 0 radical (unpaired) electrons. The number of hydrogen-bond donors (Lipinski definition) is 1. The zero-order valence-electron chi connectivity index (χ0n) is 13.7. The average Bonchev–Trinajstić information content (AvgIpc) is 2.52. The third-order valence-corrected chi connectivity index (χ3v) is 4.46. The number of halogens is 1. The molecule has 0 aromatic carbocycles. The molecule has 6 nitrogen and oxygen atoms in total. The molecule has 1 rings (SSSR count). The van der Waals surface area contributed by atoms with Gasteiger partial charge in [0.15, 0.2) is 0 Å². The lowest BCUT2D eigenvalue weighted by atomic mass is 9.93. The van der Waals surface area contributed by atoms with Crippen LogP contribution in [0.3, 0.4) is 0 Å². The van der Waals surface area contributed by atoms with Crippen LogP contribution in [0.2, 0.25) is 0 Å². The van der Waals surface area contributed by atoms with Gasteiger partial charge in [-0.25, -0.2) is 0 Å². The molecule has 1 N–H and O–H groups in total. The van der Waals surface area contributed by atoms with Gasteiger partial charge in [0.1, 0.15) is 6.61 Å². The molecule has 0 spiro atoms. The average molecular weight is 335 g/mol. The first-order chi connectivity index (χ1) is 10.4. The number of methoxy groups -OCH3 is 1. The standard InChI is InChI=1S/C15H27ClN2O4/c1-15(2,11-16)14(20)17-12-4-6-18(7-5-12)13(19)10-22-9-8-21-3/h12H,4-11H2,1-3H3,(H,17,20). The maximum atomic E-state index is 12.1. The zero-order valence-corrected chi connectivity index (χ0v) is 14.4. The van der Waals surface area contributed by atoms with Crippen molar-refractivity contribution in [3.8, 4) is 0 Å². The highest BCUT2D eigenvalue weighted by Gasteiger charge is 2.30. The van der Waals surface area contributed by atoms with E-state index < -0.39 is 5.41 Å². The van der Waals surface area contributed by atoms with E-state index in [0.717, 1.165) is 12.8 Å². The molecular weight excluding hydrogens is 308 g/mol. The van der Waals surface area contributed by atoms with Crippen LogP contribution >= 0.6 is 11.6 Å². The number of amides is 2. The van der Waals surface area contributed by atoms with Crippen molar-refractivity contribution in [2.75, 3.05) is 45.9 Å². The van der Waals surface area contributed by atoms with Crippen LogP contribution in [-0.2, 0) is 19.1 Å². The summed E-state index contributed by atoms with van der Waals surface area (Å²) in [5.41, 5.74) is -0.566. The summed E-state index contributed by atoms with van der Waals surface area (Å²) in [7, 11) is 1.59. The second kappa shape index (κ2) is 9.33. The molecule has 0 aromatic heterocycles. The molecule has 1 fully saturated rings. The van der Waals surface area contributed by atoms with E-state index in [1.54, 1.807) is 12.0 Å². The summed E-state index contributed by atoms with van der Waals surface area (Å²) in [6.45, 7) is 5.91. The normalized spacial score (nSPS) is 16.6. The molecule has 0 aliphatic carbocycles. The number of carbonyl (C=O) groups excluding carboxylic acids is 2. The van der Waals surface area contributed by atoms with Crippen molar-refractivity contribution in [3.05, 3.63) is 0 Å². The van der Waals surface area contributed by atoms with Gasteiger partial charge in [-0.1, -0.05) is 0 Å². The van der Waals surface area contributed by atoms with Gasteiger partial charge >= 0.3 is 0 Å². The number of carbonyl (C=O) groups is 2. The van der Waals surface area contributed by atoms with Crippen LogP contribution < -0.4 is 5.32 Å². The smallest absolute Gasteiger partial charge is 0.248 e. The number of nitrogens with zero attached hydrogens (tertiary/aromatic N) is 1. The second-order valence-corrected chi connectivity index (χ2v) is 6.46. The minimum atomic E-state index is -0.566. The molecule has 128 valence electrons. The van der Waals surface area contributed by atoms with Crippen LogP contribution in [0.1, 0.15) is 26.7 Å². The van der Waals surface area contributed by atoms with Gasteiger partial charge in [0.05, 0.1) is 18.6 Å². The Morgan fingerprint density at radius 3 is 2.45 bits per heavy atom. The van der Waals surface area contributed by atoms with Gasteiger partial charge in [0.2, 0.25) is 11.8 Å². The van der Waals surface area contributed by atoms with Crippen LogP contribution in [0.15, 0.2) is 0 Å². The summed E-state index contributed by atoms with van der Waals surface area (Å²) in [4.78, 5) is 25.8. The maximum Gasteiger partial charge on any atom is 0.248 e. The molecular formula is C15H27ClN2O4. The molecule has 1 aliphatic rings. The third kappa shape index (κ3) is 6.10. The first-order valence-corrected chi connectivity index (χ1v) is 8.15. The fourth-order valence-electron chi connectivity index (χ4n) is 2.11. The predicted molar refractivity (Wildman–Crippen MR) is 84.9 cm³/mol. The number of likely N-dealkylation sites (tertiary alicyclic amines) is 1. The van der Waals surface area contributed by atoms with Crippen molar-refractivity contribution in [1.82, 2.24) is 10.2 Å². The predicted octanol–water partition coefficient (Wildman–Crippen LogP) is 1.02. The summed E-state index contributed by atoms with van der Waals surface area (Å²) in [6, 6.07) is 0.105. The van der Waals surface area contributed by atoms with Crippen molar-refractivity contribution < 1.29 is 19.1 Å². The van der Waals surface area contributed by atoms with E-state index in [1.807, 2.05) is 13.8 Å². The SMILES string of the molecule is COCCOCC(=O)N1CCC(NC(=O)C(C)(C)CCl)CC1. The maximum absolute atomic E-state index is 12.1. The Balaban J connectivity index is 2.28. The van der Waals surface area contributed by atoms with E-state index in [4.69, 9.17) is 21.1 Å². The molecule has 22 heavy (non-hydrogen) atoms. The molecule has 1 aliphatic heterocycles. The highest BCUT2D eigenvalue weighted by Crippen LogP contribution is 2.19. The molecule has 7 heteroatoms. The fourth-order valence-corrected chi connectivity index (χ4v) is 2.23. The van der Waals surface area contributed by atoms with Gasteiger partial charge in [-0.2, -0.15) is 0 Å². The minimum Gasteiger partial charge on any atom is -0.382 e. The number of piperidine rings is 1. The van der Waals surface area contributed by atoms with Crippen LogP contribution in [0.4, 0.5) is 0 Å². The van der Waals surface area contributed by atoms with Crippen molar-refractivity contribution in [2.45, 2.75) is 32.7 Å². The van der Waals surface area contributed by atoms with Gasteiger partial charge < -0.3 is 19.7 Å². The lowest BCUT2D eigenvalue weighted by Crippen LogP contribution is -2.50. The monoisotopic (exact) mass is 334 g/mol. The number of nitrogens with one attached hydrogen (secondary N) is 1. The molecule has 1 heterocycles. The van der Waals surface area contributed by atoms with E-state index in [0.29, 0.717) is 26.3 Å². The molecule has 1 saturated heterocycles. The van der Waals surface area contributed by atoms with Gasteiger partial charge in [-0.05, 0) is 26.7 Å². The number of ether oxygens (including phenoxy) is 2. The molecule has 0 atom stereocenters. The second-order valence-electron chi connectivity index (χ2n) is 6.19. The first kappa shape index (κ1) is 19.2. The molecule has 2 amide bonds. The van der Waals surface area contributed by atoms with Gasteiger partial charge in [-0.3, -0.25) is 9.59 Å². The van der Waals surface area contributed by atoms with Crippen molar-refractivity contribution >= 4 is 23.4 Å². The quantitative estimate of drug-likeness (QED) is 0.531. The molecule has 0 bridgehead atoms. The highest BCUT2D eigenvalue weighted by atomic mass is 35.5. The van der Waals surface area contributed by atoms with Crippen molar-refractivity contribution in [1.29, 1.82) is 0 Å². The Morgan fingerprint density at radius 1 is 1.27 bits per heavy atom. The lowest BCUT2D eigenvalue weighted by molar-refractivity contribution is -0.137. The Kier molecular flexibility index (Phi) is 8.14. The Morgan fingerprint density at radius 2 is 1.91 bits per heavy atom. The van der Waals surface area contributed by atoms with Crippen LogP contribution in [0.25, 0.3) is 0 Å². The van der Waals surface area contributed by atoms with Gasteiger partial charge in [0, 0.05) is 32.1 Å². The molecule has 0 aromatic rings. The number of rotatable bonds is 8. The van der Waals surface area contributed by atoms with E-state index in [-0.39, 0.29) is 30.3 Å². The topological polar surface area (TPSA) is 67.9 Å². The summed E-state index contributed by atoms with van der Waals surface area (Å²) in [6.07, 6.45) is 1.52. The van der Waals surface area contributed by atoms with E-state index in [2.05, 4.69) is 5.32 Å². The summed E-state index contributed by atoms with van der Waals surface area (Å²) in [5.74, 6) is 0.242. The molecule has 0 saturated carbocycles. The molecule has 0 unspecified atom stereocenters. The summed E-state index contributed by atoms with van der Waals surface area (Å²) >= 11 is 5.80.